The molecule has 2 aromatic carbocycles. The molecule has 1 N–H and O–H groups in total. The molecule has 94 valence electrons. The molecule has 0 heterocycles. The van der Waals surface area contributed by atoms with Crippen LogP contribution in [0.4, 0.5) is 14.5 Å². The average molecular weight is 333 g/mol. The predicted molar refractivity (Wildman–Crippen MR) is 72.8 cm³/mol. The minimum Gasteiger partial charge on any atom is -0.380 e. The van der Waals surface area contributed by atoms with Crippen molar-refractivity contribution < 1.29 is 8.78 Å². The van der Waals surface area contributed by atoms with Gasteiger partial charge in [0.1, 0.15) is 11.6 Å². The number of anilines is 1. The van der Waals surface area contributed by atoms with E-state index in [1.54, 1.807) is 12.1 Å². The molecule has 0 fully saturated rings. The van der Waals surface area contributed by atoms with Crippen LogP contribution in [-0.4, -0.2) is 0 Å². The fourth-order valence-corrected chi connectivity index (χ4v) is 2.10. The molecule has 18 heavy (non-hydrogen) atoms. The summed E-state index contributed by atoms with van der Waals surface area (Å²) >= 11 is 9.08. The van der Waals surface area contributed by atoms with Gasteiger partial charge >= 0.3 is 0 Å². The van der Waals surface area contributed by atoms with Crippen LogP contribution in [0, 0.1) is 11.6 Å². The highest BCUT2D eigenvalue weighted by atomic mass is 79.9. The van der Waals surface area contributed by atoms with Crippen LogP contribution < -0.4 is 5.32 Å². The molecule has 0 saturated heterocycles. The molecule has 0 aliphatic carbocycles. The summed E-state index contributed by atoms with van der Waals surface area (Å²) in [7, 11) is 0. The van der Waals surface area contributed by atoms with Gasteiger partial charge in [0, 0.05) is 6.54 Å². The summed E-state index contributed by atoms with van der Waals surface area (Å²) in [5.41, 5.74) is 1.21. The maximum absolute atomic E-state index is 13.3. The maximum atomic E-state index is 13.3. The summed E-state index contributed by atoms with van der Waals surface area (Å²) in [5, 5.41) is 3.39. The Balaban J connectivity index is 2.16. The first kappa shape index (κ1) is 13.3. The zero-order valence-electron chi connectivity index (χ0n) is 9.18. The van der Waals surface area contributed by atoms with Gasteiger partial charge in [-0.15, -0.1) is 0 Å². The van der Waals surface area contributed by atoms with E-state index in [0.717, 1.165) is 5.56 Å². The first-order valence-electron chi connectivity index (χ1n) is 5.20. The number of benzene rings is 2. The molecule has 0 aliphatic rings. The summed E-state index contributed by atoms with van der Waals surface area (Å²) in [6.45, 7) is 0.349. The molecular weight excluding hydrogens is 324 g/mol. The summed E-state index contributed by atoms with van der Waals surface area (Å²) in [6, 6.07) is 8.81. The smallest absolute Gasteiger partial charge is 0.137 e. The largest absolute Gasteiger partial charge is 0.380 e. The summed E-state index contributed by atoms with van der Waals surface area (Å²) < 4.78 is 26.7. The van der Waals surface area contributed by atoms with Crippen molar-refractivity contribution in [1.29, 1.82) is 0 Å². The Morgan fingerprint density at radius 1 is 1.17 bits per heavy atom. The van der Waals surface area contributed by atoms with Crippen molar-refractivity contribution in [3.8, 4) is 0 Å². The van der Waals surface area contributed by atoms with Gasteiger partial charge < -0.3 is 5.32 Å². The van der Waals surface area contributed by atoms with Gasteiger partial charge in [-0.2, -0.15) is 0 Å². The van der Waals surface area contributed by atoms with Crippen LogP contribution in [0.15, 0.2) is 40.9 Å². The molecule has 0 atom stereocenters. The van der Waals surface area contributed by atoms with Crippen LogP contribution in [0.1, 0.15) is 5.56 Å². The third kappa shape index (κ3) is 3.00. The lowest BCUT2D eigenvalue weighted by Crippen LogP contribution is -2.02. The van der Waals surface area contributed by atoms with E-state index in [4.69, 9.17) is 11.6 Å². The zero-order chi connectivity index (χ0) is 13.1. The quantitative estimate of drug-likeness (QED) is 0.834. The minimum absolute atomic E-state index is 0.334. The van der Waals surface area contributed by atoms with Crippen LogP contribution in [0.3, 0.4) is 0 Å². The fourth-order valence-electron chi connectivity index (χ4n) is 1.51. The van der Waals surface area contributed by atoms with Gasteiger partial charge in [0.05, 0.1) is 15.2 Å². The van der Waals surface area contributed by atoms with E-state index in [1.807, 2.05) is 0 Å². The minimum atomic E-state index is -0.375. The van der Waals surface area contributed by atoms with E-state index < -0.39 is 0 Å². The van der Waals surface area contributed by atoms with Crippen molar-refractivity contribution in [1.82, 2.24) is 0 Å². The Kier molecular flexibility index (Phi) is 4.19. The lowest BCUT2D eigenvalue weighted by Gasteiger charge is -2.10. The van der Waals surface area contributed by atoms with Crippen molar-refractivity contribution in [3.63, 3.8) is 0 Å². The van der Waals surface area contributed by atoms with Crippen molar-refractivity contribution in [3.05, 3.63) is 63.1 Å². The number of halogens is 4. The third-order valence-electron chi connectivity index (χ3n) is 2.43. The van der Waals surface area contributed by atoms with Gasteiger partial charge in [0.2, 0.25) is 0 Å². The predicted octanol–water partition coefficient (Wildman–Crippen LogP) is 4.99. The number of hydrogen-bond acceptors (Lipinski definition) is 1. The van der Waals surface area contributed by atoms with Crippen LogP contribution in [0.2, 0.25) is 5.02 Å². The Morgan fingerprint density at radius 2 is 1.94 bits per heavy atom. The molecule has 2 rings (SSSR count). The molecule has 0 saturated carbocycles. The average Bonchev–Trinajstić information content (AvgIpc) is 2.35. The highest BCUT2D eigenvalue weighted by Gasteiger charge is 2.06. The number of rotatable bonds is 3. The second kappa shape index (κ2) is 5.67. The number of nitrogens with one attached hydrogen (secondary N) is 1. The summed E-state index contributed by atoms with van der Waals surface area (Å²) in [4.78, 5) is 0. The van der Waals surface area contributed by atoms with Crippen LogP contribution in [-0.2, 0) is 6.54 Å². The first-order chi connectivity index (χ1) is 8.58. The lowest BCUT2D eigenvalue weighted by molar-refractivity contribution is 0.618. The highest BCUT2D eigenvalue weighted by molar-refractivity contribution is 9.10. The SMILES string of the molecule is Fc1ccc(Cl)c(NCc2cccc(F)c2Br)c1. The molecule has 0 spiro atoms. The van der Waals surface area contributed by atoms with Crippen molar-refractivity contribution in [2.75, 3.05) is 5.32 Å². The number of hydrogen-bond donors (Lipinski definition) is 1. The first-order valence-corrected chi connectivity index (χ1v) is 6.37. The van der Waals surface area contributed by atoms with Gasteiger partial charge in [-0.3, -0.25) is 0 Å². The Labute approximate surface area is 117 Å². The molecule has 5 heteroatoms. The van der Waals surface area contributed by atoms with E-state index in [2.05, 4.69) is 21.2 Å². The standard InChI is InChI=1S/C13H9BrClF2N/c14-13-8(2-1-3-11(13)17)7-18-12-6-9(16)4-5-10(12)15/h1-6,18H,7H2. The van der Waals surface area contributed by atoms with Gasteiger partial charge in [0.15, 0.2) is 0 Å². The topological polar surface area (TPSA) is 12.0 Å². The van der Waals surface area contributed by atoms with Crippen LogP contribution >= 0.6 is 27.5 Å². The second-order valence-corrected chi connectivity index (χ2v) is 4.89. The van der Waals surface area contributed by atoms with Crippen molar-refractivity contribution >= 4 is 33.2 Å². The zero-order valence-corrected chi connectivity index (χ0v) is 11.5. The van der Waals surface area contributed by atoms with Crippen LogP contribution in [0.5, 0.6) is 0 Å². The molecule has 0 bridgehead atoms. The monoisotopic (exact) mass is 331 g/mol. The van der Waals surface area contributed by atoms with Gasteiger partial charge in [-0.05, 0) is 45.8 Å². The van der Waals surface area contributed by atoms with E-state index in [-0.39, 0.29) is 11.6 Å². The molecule has 1 nitrogen and oxygen atoms in total. The summed E-state index contributed by atoms with van der Waals surface area (Å²) in [6.07, 6.45) is 0. The molecular formula is C13H9BrClF2N. The Bertz CT molecular complexity index is 573. The van der Waals surface area contributed by atoms with Crippen LogP contribution in [0.25, 0.3) is 0 Å². The fraction of sp³-hybridized carbons (Fsp3) is 0.0769. The summed E-state index contributed by atoms with van der Waals surface area (Å²) in [5.74, 6) is -0.708. The molecule has 0 amide bonds. The molecule has 0 radical (unpaired) electrons. The highest BCUT2D eigenvalue weighted by Crippen LogP contribution is 2.25. The molecule has 0 aliphatic heterocycles. The second-order valence-electron chi connectivity index (χ2n) is 3.69. The van der Waals surface area contributed by atoms with E-state index in [0.29, 0.717) is 21.7 Å². The van der Waals surface area contributed by atoms with Crippen molar-refractivity contribution in [2.24, 2.45) is 0 Å². The van der Waals surface area contributed by atoms with E-state index in [9.17, 15) is 8.78 Å². The van der Waals surface area contributed by atoms with E-state index >= 15 is 0 Å². The Morgan fingerprint density at radius 3 is 2.72 bits per heavy atom. The third-order valence-corrected chi connectivity index (χ3v) is 3.65. The van der Waals surface area contributed by atoms with Gasteiger partial charge in [-0.25, -0.2) is 8.78 Å². The molecule has 0 unspecified atom stereocenters. The van der Waals surface area contributed by atoms with Crippen molar-refractivity contribution in [2.45, 2.75) is 6.54 Å². The van der Waals surface area contributed by atoms with Gasteiger partial charge in [0.25, 0.3) is 0 Å². The lowest BCUT2D eigenvalue weighted by atomic mass is 10.2. The normalized spacial score (nSPS) is 10.4. The van der Waals surface area contributed by atoms with E-state index in [1.165, 1.54) is 24.3 Å². The molecule has 0 aromatic heterocycles. The maximum Gasteiger partial charge on any atom is 0.137 e. The van der Waals surface area contributed by atoms with Gasteiger partial charge in [-0.1, -0.05) is 23.7 Å². The Hall–Kier alpha value is -1.13. The molecule has 2 aromatic rings.